The molecule has 114 valence electrons. The van der Waals surface area contributed by atoms with Crippen LogP contribution in [0.15, 0.2) is 36.5 Å². The molecule has 0 radical (unpaired) electrons. The van der Waals surface area contributed by atoms with E-state index in [-0.39, 0.29) is 0 Å². The number of aromatic nitrogens is 2. The lowest BCUT2D eigenvalue weighted by molar-refractivity contribution is 0.578. The molecular weight excluding hydrogens is 290 g/mol. The second kappa shape index (κ2) is 6.59. The van der Waals surface area contributed by atoms with Crippen molar-refractivity contribution in [3.63, 3.8) is 0 Å². The van der Waals surface area contributed by atoms with Gasteiger partial charge in [-0.05, 0) is 30.7 Å². The maximum absolute atomic E-state index is 11.0. The van der Waals surface area contributed by atoms with Crippen LogP contribution in [0.5, 0.6) is 0 Å². The Bertz CT molecular complexity index is 696. The molecule has 0 spiro atoms. The lowest BCUT2D eigenvalue weighted by Crippen LogP contribution is -2.21. The van der Waals surface area contributed by atoms with Gasteiger partial charge in [-0.2, -0.15) is 13.5 Å². The molecule has 0 fully saturated rings. The number of nitrogens with one attached hydrogen (secondary N) is 2. The number of hydrogen-bond donors (Lipinski definition) is 3. The maximum atomic E-state index is 11.0. The number of aryl methyl sites for hydroxylation is 1. The van der Waals surface area contributed by atoms with Gasteiger partial charge in [0, 0.05) is 18.4 Å². The van der Waals surface area contributed by atoms with Gasteiger partial charge in [0.25, 0.3) is 10.2 Å². The smallest absolute Gasteiger partial charge is 0.296 e. The van der Waals surface area contributed by atoms with Crippen LogP contribution in [-0.4, -0.2) is 18.2 Å². The molecule has 7 nitrogen and oxygen atoms in total. The predicted octanol–water partition coefficient (Wildman–Crippen LogP) is 1.52. The number of rotatable bonds is 7. The molecule has 2 rings (SSSR count). The van der Waals surface area contributed by atoms with Gasteiger partial charge in [0.15, 0.2) is 0 Å². The summed E-state index contributed by atoms with van der Waals surface area (Å²) in [6, 6.07) is 8.88. The van der Waals surface area contributed by atoms with Crippen LogP contribution in [0.1, 0.15) is 19.0 Å². The lowest BCUT2D eigenvalue weighted by Gasteiger charge is -2.10. The zero-order chi connectivity index (χ0) is 15.3. The molecule has 1 aromatic heterocycles. The average molecular weight is 309 g/mol. The molecule has 0 saturated carbocycles. The molecule has 21 heavy (non-hydrogen) atoms. The summed E-state index contributed by atoms with van der Waals surface area (Å²) in [6.07, 6.45) is 2.79. The first-order valence-electron chi connectivity index (χ1n) is 6.63. The zero-order valence-electron chi connectivity index (χ0n) is 11.8. The third kappa shape index (κ3) is 4.76. The standard InChI is InChI=1S/C13H19N5O2S/c1-2-8-18-13(6-7-16-18)10-15-11-4-3-5-12(9-11)17-21(14,19)20/h3-7,9,15,17H,2,8,10H2,1H3,(H2,14,19,20). The van der Waals surface area contributed by atoms with Crippen LogP contribution in [0.25, 0.3) is 0 Å². The number of benzene rings is 1. The Morgan fingerprint density at radius 2 is 2.05 bits per heavy atom. The van der Waals surface area contributed by atoms with Crippen LogP contribution in [0, 0.1) is 0 Å². The van der Waals surface area contributed by atoms with Crippen LogP contribution in [0.4, 0.5) is 11.4 Å². The van der Waals surface area contributed by atoms with Crippen LogP contribution in [-0.2, 0) is 23.3 Å². The Balaban J connectivity index is 2.03. The summed E-state index contributed by atoms with van der Waals surface area (Å²) >= 11 is 0. The Hall–Kier alpha value is -2.06. The largest absolute Gasteiger partial charge is 0.379 e. The highest BCUT2D eigenvalue weighted by Gasteiger charge is 2.04. The Labute approximate surface area is 124 Å². The molecule has 1 heterocycles. The van der Waals surface area contributed by atoms with E-state index < -0.39 is 10.2 Å². The number of anilines is 2. The van der Waals surface area contributed by atoms with E-state index in [0.29, 0.717) is 12.2 Å². The zero-order valence-corrected chi connectivity index (χ0v) is 12.6. The van der Waals surface area contributed by atoms with Crippen molar-refractivity contribution in [1.82, 2.24) is 9.78 Å². The van der Waals surface area contributed by atoms with E-state index in [4.69, 9.17) is 5.14 Å². The van der Waals surface area contributed by atoms with Gasteiger partial charge in [-0.3, -0.25) is 9.40 Å². The Morgan fingerprint density at radius 3 is 2.76 bits per heavy atom. The summed E-state index contributed by atoms with van der Waals surface area (Å²) in [4.78, 5) is 0. The Kier molecular flexibility index (Phi) is 4.81. The molecule has 2 aromatic rings. The van der Waals surface area contributed by atoms with Crippen molar-refractivity contribution in [2.24, 2.45) is 5.14 Å². The highest BCUT2D eigenvalue weighted by Crippen LogP contribution is 2.16. The van der Waals surface area contributed by atoms with Crippen molar-refractivity contribution in [3.8, 4) is 0 Å². The second-order valence-corrected chi connectivity index (χ2v) is 5.92. The first-order valence-corrected chi connectivity index (χ1v) is 8.18. The van der Waals surface area contributed by atoms with E-state index >= 15 is 0 Å². The summed E-state index contributed by atoms with van der Waals surface area (Å²) in [5, 5.41) is 12.4. The van der Waals surface area contributed by atoms with Gasteiger partial charge in [-0.1, -0.05) is 13.0 Å². The molecule has 0 atom stereocenters. The molecule has 0 saturated heterocycles. The van der Waals surface area contributed by atoms with E-state index in [9.17, 15) is 8.42 Å². The van der Waals surface area contributed by atoms with E-state index in [1.807, 2.05) is 16.8 Å². The van der Waals surface area contributed by atoms with Gasteiger partial charge >= 0.3 is 0 Å². The van der Waals surface area contributed by atoms with E-state index in [2.05, 4.69) is 22.1 Å². The van der Waals surface area contributed by atoms with Crippen molar-refractivity contribution < 1.29 is 8.42 Å². The maximum Gasteiger partial charge on any atom is 0.296 e. The Morgan fingerprint density at radius 1 is 1.29 bits per heavy atom. The van der Waals surface area contributed by atoms with Gasteiger partial charge in [0.1, 0.15) is 0 Å². The van der Waals surface area contributed by atoms with Gasteiger partial charge in [-0.25, -0.2) is 5.14 Å². The van der Waals surface area contributed by atoms with Crippen molar-refractivity contribution in [1.29, 1.82) is 0 Å². The SMILES string of the molecule is CCCn1nccc1CNc1cccc(NS(N)(=O)=O)c1. The molecule has 4 N–H and O–H groups in total. The molecule has 0 aliphatic heterocycles. The van der Waals surface area contributed by atoms with Gasteiger partial charge < -0.3 is 5.32 Å². The average Bonchev–Trinajstić information content (AvgIpc) is 2.83. The first-order chi connectivity index (χ1) is 9.98. The molecular formula is C13H19N5O2S. The minimum Gasteiger partial charge on any atom is -0.379 e. The number of nitrogens with zero attached hydrogens (tertiary/aromatic N) is 2. The van der Waals surface area contributed by atoms with E-state index in [1.54, 1.807) is 24.4 Å². The fourth-order valence-corrected chi connectivity index (χ4v) is 2.43. The molecule has 8 heteroatoms. The number of hydrogen-bond acceptors (Lipinski definition) is 4. The third-order valence-corrected chi connectivity index (χ3v) is 3.36. The van der Waals surface area contributed by atoms with Crippen LogP contribution in [0.3, 0.4) is 0 Å². The monoisotopic (exact) mass is 309 g/mol. The topological polar surface area (TPSA) is 102 Å². The van der Waals surface area contributed by atoms with Gasteiger partial charge in [0.2, 0.25) is 0 Å². The van der Waals surface area contributed by atoms with Gasteiger partial charge in [-0.15, -0.1) is 0 Å². The van der Waals surface area contributed by atoms with Crippen LogP contribution in [0.2, 0.25) is 0 Å². The van der Waals surface area contributed by atoms with Crippen molar-refractivity contribution in [2.75, 3.05) is 10.0 Å². The summed E-state index contributed by atoms with van der Waals surface area (Å²) in [5.41, 5.74) is 2.29. The lowest BCUT2D eigenvalue weighted by atomic mass is 10.3. The minimum absolute atomic E-state index is 0.421. The molecule has 1 aromatic carbocycles. The highest BCUT2D eigenvalue weighted by atomic mass is 32.2. The summed E-state index contributed by atoms with van der Waals surface area (Å²) in [7, 11) is -3.76. The molecule has 0 bridgehead atoms. The molecule has 0 aliphatic carbocycles. The summed E-state index contributed by atoms with van der Waals surface area (Å²) in [5.74, 6) is 0. The van der Waals surface area contributed by atoms with E-state index in [0.717, 1.165) is 24.3 Å². The van der Waals surface area contributed by atoms with E-state index in [1.165, 1.54) is 0 Å². The minimum atomic E-state index is -3.76. The van der Waals surface area contributed by atoms with Crippen molar-refractivity contribution in [2.45, 2.75) is 26.4 Å². The van der Waals surface area contributed by atoms with Crippen LogP contribution < -0.4 is 15.2 Å². The van der Waals surface area contributed by atoms with Gasteiger partial charge in [0.05, 0.1) is 17.9 Å². The normalized spacial score (nSPS) is 11.3. The molecule has 0 aliphatic rings. The van der Waals surface area contributed by atoms with Crippen LogP contribution >= 0.6 is 0 Å². The third-order valence-electron chi connectivity index (χ3n) is 2.84. The molecule has 0 amide bonds. The number of nitrogens with two attached hydrogens (primary N) is 1. The quantitative estimate of drug-likeness (QED) is 0.721. The second-order valence-electron chi connectivity index (χ2n) is 4.63. The van der Waals surface area contributed by atoms with Crippen molar-refractivity contribution >= 4 is 21.6 Å². The summed E-state index contributed by atoms with van der Waals surface area (Å²) in [6.45, 7) is 3.58. The fraction of sp³-hybridized carbons (Fsp3) is 0.308. The van der Waals surface area contributed by atoms with Crippen molar-refractivity contribution in [3.05, 3.63) is 42.2 Å². The summed E-state index contributed by atoms with van der Waals surface area (Å²) < 4.78 is 26.2. The fourth-order valence-electron chi connectivity index (χ4n) is 1.97. The predicted molar refractivity (Wildman–Crippen MR) is 83.0 cm³/mol. The first kappa shape index (κ1) is 15.3. The highest BCUT2D eigenvalue weighted by molar-refractivity contribution is 7.90. The molecule has 0 unspecified atom stereocenters.